The van der Waals surface area contributed by atoms with Gasteiger partial charge < -0.3 is 9.47 Å². The van der Waals surface area contributed by atoms with Gasteiger partial charge in [-0.25, -0.2) is 4.98 Å². The molecule has 0 aliphatic carbocycles. The average Bonchev–Trinajstić information content (AvgIpc) is 3.23. The molecule has 4 nitrogen and oxygen atoms in total. The van der Waals surface area contributed by atoms with Crippen molar-refractivity contribution < 1.29 is 4.79 Å². The lowest BCUT2D eigenvalue weighted by Gasteiger charge is -2.24. The number of amides is 1. The third-order valence-corrected chi connectivity index (χ3v) is 5.69. The van der Waals surface area contributed by atoms with E-state index < -0.39 is 0 Å². The third-order valence-electron chi connectivity index (χ3n) is 5.69. The summed E-state index contributed by atoms with van der Waals surface area (Å²) in [6.45, 7) is 11.3. The van der Waals surface area contributed by atoms with Gasteiger partial charge in [0.25, 0.3) is 0 Å². The monoisotopic (exact) mass is 411 g/mol. The summed E-state index contributed by atoms with van der Waals surface area (Å²) < 4.78 is 2.08. The van der Waals surface area contributed by atoms with Crippen molar-refractivity contribution in [3.63, 3.8) is 0 Å². The Labute approximate surface area is 183 Å². The summed E-state index contributed by atoms with van der Waals surface area (Å²) in [5, 5.41) is 0. The molecule has 0 radical (unpaired) electrons. The zero-order valence-corrected chi connectivity index (χ0v) is 19.6. The maximum Gasteiger partial charge on any atom is 0.222 e. The highest BCUT2D eigenvalue weighted by Crippen LogP contribution is 2.22. The fourth-order valence-corrected chi connectivity index (χ4v) is 3.70. The second-order valence-corrected chi connectivity index (χ2v) is 9.43. The number of carbonyl (C=O) groups is 1. The first-order valence-corrected chi connectivity index (χ1v) is 11.7. The molecule has 0 N–H and O–H groups in total. The molecule has 1 heterocycles. The number of nitrogens with zero attached hydrogens (tertiary/aromatic N) is 3. The highest BCUT2D eigenvalue weighted by Gasteiger charge is 2.16. The number of hydrogen-bond donors (Lipinski definition) is 0. The molecule has 1 amide bonds. The van der Waals surface area contributed by atoms with Crippen LogP contribution < -0.4 is 0 Å². The molecule has 0 spiro atoms. The molecule has 30 heavy (non-hydrogen) atoms. The Morgan fingerprint density at radius 1 is 1.00 bits per heavy atom. The molecule has 0 aliphatic heterocycles. The standard InChI is InChI=1S/C26H41N3O/c1-5-6-7-8-9-10-12-25(30)29(19-11-18-28-20-17-27-22-28)21-23-13-15-24(16-14-23)26(2,3)4/h13-17,20,22H,5-12,18-19,21H2,1-4H3. The topological polar surface area (TPSA) is 38.1 Å². The van der Waals surface area contributed by atoms with Crippen LogP contribution in [0.1, 0.15) is 90.2 Å². The van der Waals surface area contributed by atoms with E-state index in [2.05, 4.69) is 66.4 Å². The molecule has 2 rings (SSSR count). The van der Waals surface area contributed by atoms with Crippen LogP contribution in [0.4, 0.5) is 0 Å². The van der Waals surface area contributed by atoms with Crippen LogP contribution in [0.2, 0.25) is 0 Å². The highest BCUT2D eigenvalue weighted by molar-refractivity contribution is 5.76. The first kappa shape index (κ1) is 24.2. The first-order valence-electron chi connectivity index (χ1n) is 11.7. The third kappa shape index (κ3) is 8.73. The SMILES string of the molecule is CCCCCCCCC(=O)N(CCCn1ccnc1)Cc1ccc(C(C)(C)C)cc1. The molecular weight excluding hydrogens is 370 g/mol. The Balaban J connectivity index is 1.91. The Bertz CT molecular complexity index is 714. The molecule has 0 saturated heterocycles. The Morgan fingerprint density at radius 3 is 2.33 bits per heavy atom. The van der Waals surface area contributed by atoms with Gasteiger partial charge in [-0.3, -0.25) is 4.79 Å². The predicted octanol–water partition coefficient (Wildman–Crippen LogP) is 6.35. The number of unbranched alkanes of at least 4 members (excludes halogenated alkanes) is 5. The number of imidazole rings is 1. The van der Waals surface area contributed by atoms with Crippen LogP contribution in [0.5, 0.6) is 0 Å². The van der Waals surface area contributed by atoms with Gasteiger partial charge in [0.2, 0.25) is 5.91 Å². The summed E-state index contributed by atoms with van der Waals surface area (Å²) in [5.74, 6) is 0.288. The van der Waals surface area contributed by atoms with Crippen LogP contribution in [0.15, 0.2) is 43.0 Å². The van der Waals surface area contributed by atoms with E-state index in [1.165, 1.54) is 36.8 Å². The lowest BCUT2D eigenvalue weighted by atomic mass is 9.87. The van der Waals surface area contributed by atoms with Crippen molar-refractivity contribution in [1.29, 1.82) is 0 Å². The summed E-state index contributed by atoms with van der Waals surface area (Å²) >= 11 is 0. The minimum atomic E-state index is 0.149. The van der Waals surface area contributed by atoms with Crippen LogP contribution in [-0.4, -0.2) is 26.9 Å². The summed E-state index contributed by atoms with van der Waals surface area (Å²) in [6.07, 6.45) is 14.5. The molecule has 0 atom stereocenters. The number of aromatic nitrogens is 2. The zero-order valence-electron chi connectivity index (χ0n) is 19.6. The van der Waals surface area contributed by atoms with Crippen LogP contribution in [0.3, 0.4) is 0 Å². The van der Waals surface area contributed by atoms with E-state index in [0.29, 0.717) is 13.0 Å². The minimum absolute atomic E-state index is 0.149. The van der Waals surface area contributed by atoms with Crippen molar-refractivity contribution in [1.82, 2.24) is 14.5 Å². The molecule has 0 bridgehead atoms. The van der Waals surface area contributed by atoms with Gasteiger partial charge in [0.15, 0.2) is 0 Å². The van der Waals surface area contributed by atoms with Gasteiger partial charge in [0.1, 0.15) is 0 Å². The van der Waals surface area contributed by atoms with Crippen LogP contribution in [0.25, 0.3) is 0 Å². The van der Waals surface area contributed by atoms with Gasteiger partial charge >= 0.3 is 0 Å². The predicted molar refractivity (Wildman–Crippen MR) is 125 cm³/mol. The molecule has 0 saturated carbocycles. The molecule has 166 valence electrons. The Kier molecular flexibility index (Phi) is 10.1. The van der Waals surface area contributed by atoms with Gasteiger partial charge in [0.05, 0.1) is 6.33 Å². The molecule has 1 aromatic carbocycles. The summed E-state index contributed by atoms with van der Waals surface area (Å²) in [6, 6.07) is 8.78. The van der Waals surface area contributed by atoms with Gasteiger partial charge in [-0.15, -0.1) is 0 Å². The van der Waals surface area contributed by atoms with Gasteiger partial charge in [-0.05, 0) is 29.4 Å². The second-order valence-electron chi connectivity index (χ2n) is 9.43. The van der Waals surface area contributed by atoms with Crippen molar-refractivity contribution in [2.75, 3.05) is 6.54 Å². The van der Waals surface area contributed by atoms with E-state index >= 15 is 0 Å². The lowest BCUT2D eigenvalue weighted by molar-refractivity contribution is -0.132. The number of hydrogen-bond acceptors (Lipinski definition) is 2. The van der Waals surface area contributed by atoms with Crippen LogP contribution in [0, 0.1) is 0 Å². The van der Waals surface area contributed by atoms with Crippen molar-refractivity contribution in [3.8, 4) is 0 Å². The number of carbonyl (C=O) groups excluding carboxylic acids is 1. The molecule has 0 aliphatic rings. The van der Waals surface area contributed by atoms with Gasteiger partial charge in [-0.1, -0.05) is 84.1 Å². The molecule has 0 unspecified atom stereocenters. The minimum Gasteiger partial charge on any atom is -0.338 e. The normalized spacial score (nSPS) is 11.6. The first-order chi connectivity index (χ1) is 14.4. The number of benzene rings is 1. The van der Waals surface area contributed by atoms with E-state index in [1.807, 2.05) is 12.5 Å². The fraction of sp³-hybridized carbons (Fsp3) is 0.615. The van der Waals surface area contributed by atoms with E-state index in [4.69, 9.17) is 0 Å². The summed E-state index contributed by atoms with van der Waals surface area (Å²) in [5.41, 5.74) is 2.69. The zero-order chi connectivity index (χ0) is 21.8. The largest absolute Gasteiger partial charge is 0.338 e. The quantitative estimate of drug-likeness (QED) is 0.360. The fourth-order valence-electron chi connectivity index (χ4n) is 3.70. The highest BCUT2D eigenvalue weighted by atomic mass is 16.2. The maximum atomic E-state index is 13.0. The maximum absolute atomic E-state index is 13.0. The van der Waals surface area contributed by atoms with Crippen molar-refractivity contribution in [3.05, 3.63) is 54.1 Å². The number of aryl methyl sites for hydroxylation is 1. The molecular formula is C26H41N3O. The number of rotatable bonds is 13. The molecule has 1 aromatic heterocycles. The van der Waals surface area contributed by atoms with Crippen molar-refractivity contribution >= 4 is 5.91 Å². The lowest BCUT2D eigenvalue weighted by Crippen LogP contribution is -2.32. The van der Waals surface area contributed by atoms with Gasteiger partial charge in [-0.2, -0.15) is 0 Å². The van der Waals surface area contributed by atoms with E-state index in [0.717, 1.165) is 32.4 Å². The van der Waals surface area contributed by atoms with E-state index in [1.54, 1.807) is 6.20 Å². The van der Waals surface area contributed by atoms with Gasteiger partial charge in [0, 0.05) is 38.4 Å². The average molecular weight is 412 g/mol. The molecule has 4 heteroatoms. The summed E-state index contributed by atoms with van der Waals surface area (Å²) in [4.78, 5) is 19.1. The Morgan fingerprint density at radius 2 is 1.70 bits per heavy atom. The van der Waals surface area contributed by atoms with Crippen molar-refractivity contribution in [2.45, 2.75) is 97.6 Å². The molecule has 2 aromatic rings. The van der Waals surface area contributed by atoms with Crippen molar-refractivity contribution in [2.24, 2.45) is 0 Å². The smallest absolute Gasteiger partial charge is 0.222 e. The van der Waals surface area contributed by atoms with Crippen LogP contribution >= 0.6 is 0 Å². The van der Waals surface area contributed by atoms with Crippen LogP contribution in [-0.2, 0) is 23.3 Å². The van der Waals surface area contributed by atoms with E-state index in [9.17, 15) is 4.79 Å². The van der Waals surface area contributed by atoms with E-state index in [-0.39, 0.29) is 11.3 Å². The summed E-state index contributed by atoms with van der Waals surface area (Å²) in [7, 11) is 0. The molecule has 0 fully saturated rings. The Hall–Kier alpha value is -2.10. The second kappa shape index (κ2) is 12.6.